The van der Waals surface area contributed by atoms with E-state index < -0.39 is 0 Å². The van der Waals surface area contributed by atoms with Crippen LogP contribution in [0.5, 0.6) is 11.5 Å². The predicted octanol–water partition coefficient (Wildman–Crippen LogP) is 5.18. The van der Waals surface area contributed by atoms with Crippen LogP contribution in [0.1, 0.15) is 11.1 Å². The smallest absolute Gasteiger partial charge is 0.271 e. The van der Waals surface area contributed by atoms with Gasteiger partial charge in [-0.1, -0.05) is 54.6 Å². The molecule has 160 valence electrons. The Morgan fingerprint density at radius 3 is 2.41 bits per heavy atom. The molecule has 32 heavy (non-hydrogen) atoms. The molecule has 2 aliphatic rings. The molecule has 0 aromatic heterocycles. The first-order valence-electron chi connectivity index (χ1n) is 10.5. The zero-order valence-electron chi connectivity index (χ0n) is 17.4. The molecule has 0 radical (unpaired) electrons. The van der Waals surface area contributed by atoms with E-state index in [1.165, 1.54) is 17.3 Å². The van der Waals surface area contributed by atoms with E-state index in [0.717, 1.165) is 23.4 Å². The Hall–Kier alpha value is -3.51. The van der Waals surface area contributed by atoms with E-state index in [9.17, 15) is 4.79 Å². The van der Waals surface area contributed by atoms with Gasteiger partial charge >= 0.3 is 0 Å². The third-order valence-electron chi connectivity index (χ3n) is 5.18. The summed E-state index contributed by atoms with van der Waals surface area (Å²) < 4.78 is 11.3. The molecule has 2 heterocycles. The first-order valence-corrected chi connectivity index (χ1v) is 11.4. The minimum absolute atomic E-state index is 0.0745. The maximum absolute atomic E-state index is 13.3. The number of carbonyl (C=O) groups is 1. The number of hydrogen-bond acceptors (Lipinski definition) is 5. The summed E-state index contributed by atoms with van der Waals surface area (Å²) in [6.07, 6.45) is 2.71. The van der Waals surface area contributed by atoms with Crippen LogP contribution in [0.25, 0.3) is 6.08 Å². The fourth-order valence-electron chi connectivity index (χ4n) is 3.61. The number of hydrogen-bond donors (Lipinski definition) is 0. The van der Waals surface area contributed by atoms with E-state index in [-0.39, 0.29) is 5.91 Å². The number of ether oxygens (including phenoxy) is 2. The number of nitrogens with zero attached hydrogens (tertiary/aromatic N) is 2. The molecule has 0 saturated carbocycles. The number of amides is 1. The van der Waals surface area contributed by atoms with Crippen molar-refractivity contribution in [2.24, 2.45) is 4.99 Å². The average Bonchev–Trinajstić information content (AvgIpc) is 3.15. The molecule has 3 aromatic rings. The van der Waals surface area contributed by atoms with E-state index in [0.29, 0.717) is 35.6 Å². The van der Waals surface area contributed by atoms with Crippen LogP contribution in [0.2, 0.25) is 0 Å². The molecule has 1 saturated heterocycles. The van der Waals surface area contributed by atoms with E-state index in [4.69, 9.17) is 14.5 Å². The van der Waals surface area contributed by atoms with Crippen LogP contribution < -0.4 is 14.4 Å². The summed E-state index contributed by atoms with van der Waals surface area (Å²) in [5, 5.41) is 0.695. The summed E-state index contributed by atoms with van der Waals surface area (Å²) in [5.74, 6) is 1.37. The number of thioether (sulfide) groups is 1. The van der Waals surface area contributed by atoms with Crippen molar-refractivity contribution in [1.82, 2.24) is 0 Å². The van der Waals surface area contributed by atoms with Gasteiger partial charge in [-0.05, 0) is 59.7 Å². The highest BCUT2D eigenvalue weighted by Crippen LogP contribution is 2.37. The van der Waals surface area contributed by atoms with Gasteiger partial charge < -0.3 is 9.47 Å². The Balaban J connectivity index is 1.42. The van der Waals surface area contributed by atoms with E-state index >= 15 is 0 Å². The maximum atomic E-state index is 13.3. The van der Waals surface area contributed by atoms with Crippen LogP contribution in [-0.2, 0) is 11.2 Å². The van der Waals surface area contributed by atoms with Gasteiger partial charge in [0.25, 0.3) is 5.91 Å². The zero-order valence-corrected chi connectivity index (χ0v) is 18.3. The minimum atomic E-state index is -0.0745. The van der Waals surface area contributed by atoms with Crippen molar-refractivity contribution in [2.75, 3.05) is 24.7 Å². The number of para-hydroxylation sites is 1. The lowest BCUT2D eigenvalue weighted by atomic mass is 10.1. The quantitative estimate of drug-likeness (QED) is 0.511. The van der Waals surface area contributed by atoms with Gasteiger partial charge in [0.2, 0.25) is 0 Å². The molecular weight excluding hydrogens is 420 g/mol. The number of benzene rings is 3. The van der Waals surface area contributed by atoms with Crippen LogP contribution in [-0.4, -0.2) is 30.8 Å². The van der Waals surface area contributed by atoms with Gasteiger partial charge in [0, 0.05) is 6.54 Å². The molecular formula is C26H22N2O3S. The van der Waals surface area contributed by atoms with Crippen LogP contribution in [0.15, 0.2) is 88.8 Å². The van der Waals surface area contributed by atoms with Crippen LogP contribution in [0.3, 0.4) is 0 Å². The summed E-state index contributed by atoms with van der Waals surface area (Å²) in [7, 11) is 0. The fourth-order valence-corrected chi connectivity index (χ4v) is 4.62. The van der Waals surface area contributed by atoms with Crippen LogP contribution >= 0.6 is 11.8 Å². The maximum Gasteiger partial charge on any atom is 0.271 e. The number of fused-ring (bicyclic) bond motifs is 1. The monoisotopic (exact) mass is 442 g/mol. The third kappa shape index (κ3) is 4.41. The van der Waals surface area contributed by atoms with Crippen LogP contribution in [0.4, 0.5) is 5.69 Å². The Bertz CT molecular complexity index is 1180. The number of carbonyl (C=O) groups excluding carboxylic acids is 1. The summed E-state index contributed by atoms with van der Waals surface area (Å²) in [5.41, 5.74) is 2.93. The topological polar surface area (TPSA) is 51.1 Å². The summed E-state index contributed by atoms with van der Waals surface area (Å²) in [6.45, 7) is 1.69. The van der Waals surface area contributed by atoms with Crippen molar-refractivity contribution in [3.05, 3.63) is 94.9 Å². The second-order valence-electron chi connectivity index (χ2n) is 7.39. The molecule has 1 amide bonds. The molecule has 2 aliphatic heterocycles. The van der Waals surface area contributed by atoms with Gasteiger partial charge in [-0.15, -0.1) is 0 Å². The number of rotatable bonds is 5. The number of aliphatic imine (C=N–C) groups is 1. The molecule has 5 nitrogen and oxygen atoms in total. The van der Waals surface area contributed by atoms with Crippen LogP contribution in [0, 0.1) is 0 Å². The average molecular weight is 443 g/mol. The normalized spacial score (nSPS) is 17.9. The molecule has 5 rings (SSSR count). The molecule has 3 aromatic carbocycles. The highest BCUT2D eigenvalue weighted by molar-refractivity contribution is 8.19. The molecule has 0 N–H and O–H groups in total. The summed E-state index contributed by atoms with van der Waals surface area (Å²) >= 11 is 1.40. The minimum Gasteiger partial charge on any atom is -0.486 e. The van der Waals surface area contributed by atoms with Gasteiger partial charge in [0.15, 0.2) is 16.7 Å². The largest absolute Gasteiger partial charge is 0.486 e. The summed E-state index contributed by atoms with van der Waals surface area (Å²) in [4.78, 5) is 20.5. The number of amidine groups is 1. The predicted molar refractivity (Wildman–Crippen MR) is 129 cm³/mol. The Kier molecular flexibility index (Phi) is 5.94. The first-order chi connectivity index (χ1) is 15.8. The molecule has 0 unspecified atom stereocenters. The fraction of sp³-hybridized carbons (Fsp3) is 0.154. The second kappa shape index (κ2) is 9.32. The lowest BCUT2D eigenvalue weighted by Crippen LogP contribution is -2.29. The third-order valence-corrected chi connectivity index (χ3v) is 6.18. The Morgan fingerprint density at radius 1 is 0.906 bits per heavy atom. The molecule has 1 fully saturated rings. The molecule has 0 atom stereocenters. The molecule has 0 bridgehead atoms. The number of anilines is 1. The zero-order chi connectivity index (χ0) is 21.8. The van der Waals surface area contributed by atoms with Gasteiger partial charge in [-0.2, -0.15) is 0 Å². The van der Waals surface area contributed by atoms with Gasteiger partial charge in [0.1, 0.15) is 13.2 Å². The Morgan fingerprint density at radius 2 is 1.62 bits per heavy atom. The molecule has 0 spiro atoms. The Labute approximate surface area is 191 Å². The van der Waals surface area contributed by atoms with Gasteiger partial charge in [0.05, 0.1) is 10.6 Å². The van der Waals surface area contributed by atoms with Crippen molar-refractivity contribution >= 4 is 34.6 Å². The second-order valence-corrected chi connectivity index (χ2v) is 8.40. The van der Waals surface area contributed by atoms with Gasteiger partial charge in [-0.3, -0.25) is 14.7 Å². The van der Waals surface area contributed by atoms with E-state index in [1.807, 2.05) is 72.8 Å². The highest BCUT2D eigenvalue weighted by Gasteiger charge is 2.34. The van der Waals surface area contributed by atoms with Crippen molar-refractivity contribution in [1.29, 1.82) is 0 Å². The highest BCUT2D eigenvalue weighted by atomic mass is 32.2. The molecule has 6 heteroatoms. The van der Waals surface area contributed by atoms with Crippen molar-refractivity contribution in [3.8, 4) is 11.5 Å². The van der Waals surface area contributed by atoms with Crippen molar-refractivity contribution in [2.45, 2.75) is 6.42 Å². The summed E-state index contributed by atoms with van der Waals surface area (Å²) in [6, 6.07) is 25.6. The van der Waals surface area contributed by atoms with Gasteiger partial charge in [-0.25, -0.2) is 0 Å². The SMILES string of the molecule is O=C1/C(=C/c2ccc3c(c2)OCCO3)SC(=NCCc2ccccc2)N1c1ccccc1. The molecule has 0 aliphatic carbocycles. The lowest BCUT2D eigenvalue weighted by molar-refractivity contribution is -0.113. The van der Waals surface area contributed by atoms with E-state index in [1.54, 1.807) is 4.90 Å². The standard InChI is InChI=1S/C26H22N2O3S/c29-25-24(18-20-11-12-22-23(17-20)31-16-15-30-22)32-26(28(25)21-9-5-2-6-10-21)27-14-13-19-7-3-1-4-8-19/h1-12,17-18H,13-16H2/b24-18-,27-26?. The lowest BCUT2D eigenvalue weighted by Gasteiger charge is -2.18. The van der Waals surface area contributed by atoms with E-state index in [2.05, 4.69) is 12.1 Å². The van der Waals surface area contributed by atoms with Crippen molar-refractivity contribution in [3.63, 3.8) is 0 Å². The first kappa shape index (κ1) is 20.4. The van der Waals surface area contributed by atoms with Crippen molar-refractivity contribution < 1.29 is 14.3 Å².